The molecule has 0 amide bonds. The van der Waals surface area contributed by atoms with Gasteiger partial charge in [-0.1, -0.05) is 0 Å². The van der Waals surface area contributed by atoms with Gasteiger partial charge in [-0.25, -0.2) is 0 Å². The zero-order chi connectivity index (χ0) is 19.6. The number of rotatable bonds is 10. The Hall–Kier alpha value is -2.20. The van der Waals surface area contributed by atoms with E-state index in [0.29, 0.717) is 0 Å². The highest BCUT2D eigenvalue weighted by molar-refractivity contribution is 5.67. The topological polar surface area (TPSA) is 140 Å². The number of ether oxygens (including phenoxy) is 5. The molecular formula is C15H25NO9. The van der Waals surface area contributed by atoms with Gasteiger partial charge in [0.25, 0.3) is 0 Å². The summed E-state index contributed by atoms with van der Waals surface area (Å²) >= 11 is 0. The Morgan fingerprint density at radius 2 is 1.32 bits per heavy atom. The van der Waals surface area contributed by atoms with Gasteiger partial charge in [0, 0.05) is 34.2 Å². The van der Waals surface area contributed by atoms with E-state index in [2.05, 4.69) is 0 Å². The lowest BCUT2D eigenvalue weighted by Crippen LogP contribution is -2.47. The highest BCUT2D eigenvalue weighted by Gasteiger charge is 2.33. The summed E-state index contributed by atoms with van der Waals surface area (Å²) in [5, 5.41) is 0. The van der Waals surface area contributed by atoms with Crippen LogP contribution in [-0.4, -0.2) is 61.6 Å². The van der Waals surface area contributed by atoms with Gasteiger partial charge in [0.1, 0.15) is 18.8 Å². The van der Waals surface area contributed by atoms with E-state index < -0.39 is 48.5 Å². The summed E-state index contributed by atoms with van der Waals surface area (Å²) in [7, 11) is 0. The van der Waals surface area contributed by atoms with E-state index in [4.69, 9.17) is 29.4 Å². The third-order valence-electron chi connectivity index (χ3n) is 2.77. The first-order valence-electron chi connectivity index (χ1n) is 7.57. The fraction of sp³-hybridized carbons (Fsp3) is 0.733. The molecule has 0 aromatic rings. The molecule has 0 aromatic carbocycles. The van der Waals surface area contributed by atoms with Gasteiger partial charge in [-0.2, -0.15) is 0 Å². The van der Waals surface area contributed by atoms with Gasteiger partial charge in [0.2, 0.25) is 6.29 Å². The van der Waals surface area contributed by atoms with Crippen LogP contribution in [0.1, 0.15) is 34.6 Å². The van der Waals surface area contributed by atoms with Crippen molar-refractivity contribution in [2.45, 2.75) is 59.2 Å². The van der Waals surface area contributed by atoms with E-state index in [1.807, 2.05) is 0 Å². The van der Waals surface area contributed by atoms with Gasteiger partial charge in [0.05, 0.1) is 0 Å². The minimum absolute atomic E-state index is 0.195. The van der Waals surface area contributed by atoms with Crippen LogP contribution in [0.25, 0.3) is 0 Å². The summed E-state index contributed by atoms with van der Waals surface area (Å²) in [5.74, 6) is -2.52. The first kappa shape index (κ1) is 22.8. The second-order valence-corrected chi connectivity index (χ2v) is 5.15. The predicted molar refractivity (Wildman–Crippen MR) is 82.9 cm³/mol. The van der Waals surface area contributed by atoms with Crippen LogP contribution < -0.4 is 5.73 Å². The minimum Gasteiger partial charge on any atom is -0.463 e. The molecule has 0 aromatic heterocycles. The summed E-state index contributed by atoms with van der Waals surface area (Å²) in [6, 6.07) is 0. The first-order valence-corrected chi connectivity index (χ1v) is 7.57. The lowest BCUT2D eigenvalue weighted by Gasteiger charge is -2.31. The molecule has 144 valence electrons. The molecule has 0 aliphatic rings. The van der Waals surface area contributed by atoms with E-state index in [0.717, 1.165) is 13.8 Å². The van der Waals surface area contributed by atoms with Gasteiger partial charge < -0.3 is 29.4 Å². The molecule has 2 unspecified atom stereocenters. The van der Waals surface area contributed by atoms with Crippen LogP contribution in [0, 0.1) is 0 Å². The van der Waals surface area contributed by atoms with Gasteiger partial charge >= 0.3 is 23.9 Å². The van der Waals surface area contributed by atoms with Crippen LogP contribution in [0.3, 0.4) is 0 Å². The third-order valence-corrected chi connectivity index (χ3v) is 2.77. The van der Waals surface area contributed by atoms with E-state index in [1.165, 1.54) is 20.8 Å². The van der Waals surface area contributed by atoms with E-state index in [1.54, 1.807) is 0 Å². The molecular weight excluding hydrogens is 338 g/mol. The molecule has 0 heterocycles. The van der Waals surface area contributed by atoms with Gasteiger partial charge in [0.15, 0.2) is 6.10 Å². The Morgan fingerprint density at radius 3 is 1.72 bits per heavy atom. The fourth-order valence-electron chi connectivity index (χ4n) is 1.78. The van der Waals surface area contributed by atoms with Crippen molar-refractivity contribution in [3.63, 3.8) is 0 Å². The maximum Gasteiger partial charge on any atom is 0.305 e. The second-order valence-electron chi connectivity index (χ2n) is 5.15. The molecule has 0 fully saturated rings. The number of carbonyl (C=O) groups excluding carboxylic acids is 4. The quantitative estimate of drug-likeness (QED) is 0.311. The van der Waals surface area contributed by atoms with Gasteiger partial charge in [-0.3, -0.25) is 19.2 Å². The zero-order valence-electron chi connectivity index (χ0n) is 15.0. The average Bonchev–Trinajstić information content (AvgIpc) is 2.46. The third kappa shape index (κ3) is 10.3. The second kappa shape index (κ2) is 11.4. The SMILES string of the molecule is CC(=O)OCC(OC(OC(C)=O)[C@H](CN)OC(C)=O)[C@@H](C)OC(C)=O. The van der Waals surface area contributed by atoms with E-state index in [9.17, 15) is 19.2 Å². The Bertz CT molecular complexity index is 480. The minimum atomic E-state index is -1.37. The van der Waals surface area contributed by atoms with Gasteiger partial charge in [-0.15, -0.1) is 0 Å². The number of nitrogens with two attached hydrogens (primary N) is 1. The maximum atomic E-state index is 11.3. The van der Waals surface area contributed by atoms with Crippen molar-refractivity contribution >= 4 is 23.9 Å². The van der Waals surface area contributed by atoms with E-state index in [-0.39, 0.29) is 13.2 Å². The number of hydrogen-bond donors (Lipinski definition) is 1. The molecule has 0 saturated heterocycles. The van der Waals surface area contributed by atoms with Gasteiger partial charge in [-0.05, 0) is 6.92 Å². The first-order chi connectivity index (χ1) is 11.6. The normalized spacial score (nSPS) is 15.3. The monoisotopic (exact) mass is 363 g/mol. The molecule has 0 rings (SSSR count). The van der Waals surface area contributed by atoms with Crippen LogP contribution in [-0.2, 0) is 42.9 Å². The number of carbonyl (C=O) groups is 4. The van der Waals surface area contributed by atoms with Crippen molar-refractivity contribution in [2.75, 3.05) is 13.2 Å². The Kier molecular flexibility index (Phi) is 10.4. The standard InChI is InChI=1S/C15H25NO9/c1-8(22-10(3)18)14(7-21-9(2)17)25-15(24-12(5)20)13(6-16)23-11(4)19/h8,13-15H,6-7,16H2,1-5H3/t8-,13+,14?,15?/m1/s1. The Morgan fingerprint density at radius 1 is 0.800 bits per heavy atom. The molecule has 4 atom stereocenters. The van der Waals surface area contributed by atoms with Crippen molar-refractivity contribution in [1.29, 1.82) is 0 Å². The van der Waals surface area contributed by atoms with Crippen molar-refractivity contribution in [3.8, 4) is 0 Å². The largest absolute Gasteiger partial charge is 0.463 e. The summed E-state index contributed by atoms with van der Waals surface area (Å²) in [6.45, 7) is 5.71. The molecule has 10 heteroatoms. The molecule has 0 aliphatic heterocycles. The van der Waals surface area contributed by atoms with Crippen LogP contribution in [0.15, 0.2) is 0 Å². The molecule has 0 bridgehead atoms. The van der Waals surface area contributed by atoms with Crippen LogP contribution in [0.2, 0.25) is 0 Å². The highest BCUT2D eigenvalue weighted by atomic mass is 16.7. The maximum absolute atomic E-state index is 11.3. The van der Waals surface area contributed by atoms with Crippen LogP contribution >= 0.6 is 0 Å². The molecule has 25 heavy (non-hydrogen) atoms. The van der Waals surface area contributed by atoms with Crippen molar-refractivity contribution < 1.29 is 42.9 Å². The summed E-state index contributed by atoms with van der Waals surface area (Å²) in [5.41, 5.74) is 5.53. The Labute approximate surface area is 145 Å². The number of esters is 4. The zero-order valence-corrected chi connectivity index (χ0v) is 15.0. The molecule has 0 radical (unpaired) electrons. The van der Waals surface area contributed by atoms with Crippen LogP contribution in [0.4, 0.5) is 0 Å². The molecule has 10 nitrogen and oxygen atoms in total. The van der Waals surface area contributed by atoms with Crippen molar-refractivity contribution in [1.82, 2.24) is 0 Å². The smallest absolute Gasteiger partial charge is 0.305 e. The molecule has 2 N–H and O–H groups in total. The summed E-state index contributed by atoms with van der Waals surface area (Å²) in [4.78, 5) is 44.6. The van der Waals surface area contributed by atoms with Crippen molar-refractivity contribution in [2.24, 2.45) is 5.73 Å². The van der Waals surface area contributed by atoms with E-state index >= 15 is 0 Å². The molecule has 0 spiro atoms. The molecule has 0 aliphatic carbocycles. The fourth-order valence-corrected chi connectivity index (χ4v) is 1.78. The average molecular weight is 363 g/mol. The van der Waals surface area contributed by atoms with Crippen LogP contribution in [0.5, 0.6) is 0 Å². The lowest BCUT2D eigenvalue weighted by atomic mass is 10.2. The summed E-state index contributed by atoms with van der Waals surface area (Å²) < 4.78 is 25.4. The highest BCUT2D eigenvalue weighted by Crippen LogP contribution is 2.14. The summed E-state index contributed by atoms with van der Waals surface area (Å²) in [6.07, 6.45) is -4.29. The van der Waals surface area contributed by atoms with Crippen molar-refractivity contribution in [3.05, 3.63) is 0 Å². The Balaban J connectivity index is 5.30. The predicted octanol–water partition coefficient (Wildman–Crippen LogP) is -0.334. The number of hydrogen-bond acceptors (Lipinski definition) is 10. The lowest BCUT2D eigenvalue weighted by molar-refractivity contribution is -0.239. The molecule has 0 saturated carbocycles.